The molecule has 0 saturated heterocycles. The summed E-state index contributed by atoms with van der Waals surface area (Å²) in [6.45, 7) is 4.06. The van der Waals surface area contributed by atoms with E-state index in [-0.39, 0.29) is 0 Å². The highest BCUT2D eigenvalue weighted by molar-refractivity contribution is 5.68. The minimum Gasteiger partial charge on any atom is -0.455 e. The highest BCUT2D eigenvalue weighted by Gasteiger charge is 2.09. The Labute approximate surface area is 164 Å². The lowest BCUT2D eigenvalue weighted by Gasteiger charge is -2.13. The first-order valence-electron chi connectivity index (χ1n) is 9.06. The summed E-state index contributed by atoms with van der Waals surface area (Å²) < 4.78 is 12.0. The lowest BCUT2D eigenvalue weighted by Crippen LogP contribution is -1.91. The molecule has 0 spiro atoms. The average Bonchev–Trinajstić information content (AvgIpc) is 2.73. The van der Waals surface area contributed by atoms with Crippen molar-refractivity contribution in [3.63, 3.8) is 0 Å². The molecular weight excluding hydrogens is 348 g/mol. The van der Waals surface area contributed by atoms with Gasteiger partial charge in [-0.2, -0.15) is 0 Å². The molecule has 4 rings (SSSR count). The van der Waals surface area contributed by atoms with Crippen molar-refractivity contribution in [2.24, 2.45) is 0 Å². The van der Waals surface area contributed by atoms with E-state index in [4.69, 9.17) is 9.47 Å². The van der Waals surface area contributed by atoms with E-state index < -0.39 is 0 Å². The molecule has 0 aliphatic heterocycles. The molecule has 2 heterocycles. The number of benzene rings is 2. The third-order valence-electron chi connectivity index (χ3n) is 4.43. The summed E-state index contributed by atoms with van der Waals surface area (Å²) in [7, 11) is 0. The molecule has 0 N–H and O–H groups in total. The molecule has 0 saturated carbocycles. The molecule has 0 radical (unpaired) electrons. The maximum Gasteiger partial charge on any atom is 0.145 e. The van der Waals surface area contributed by atoms with Gasteiger partial charge in [0.15, 0.2) is 0 Å². The predicted octanol–water partition coefficient (Wildman–Crippen LogP) is 6.35. The van der Waals surface area contributed by atoms with Crippen LogP contribution in [0.4, 0.5) is 0 Å². The van der Waals surface area contributed by atoms with E-state index in [1.54, 1.807) is 24.8 Å². The van der Waals surface area contributed by atoms with E-state index in [0.717, 1.165) is 33.8 Å². The number of nitrogens with zero attached hydrogens (tertiary/aromatic N) is 2. The summed E-state index contributed by atoms with van der Waals surface area (Å²) in [6, 6.07) is 19.9. The number of ether oxygens (including phenoxy) is 2. The standard InChI is InChI=1S/C24H20N2O2/c1-17-7-9-19(13-23(17)27-21-5-3-11-25-15-21)20-10-8-18(2)24(14-20)28-22-6-4-12-26-16-22/h3-16H,1-2H3. The molecule has 28 heavy (non-hydrogen) atoms. The van der Waals surface area contributed by atoms with Crippen LogP contribution in [0.2, 0.25) is 0 Å². The topological polar surface area (TPSA) is 44.2 Å². The van der Waals surface area contributed by atoms with Crippen molar-refractivity contribution in [3.05, 3.63) is 96.6 Å². The highest BCUT2D eigenvalue weighted by Crippen LogP contribution is 2.34. The molecule has 2 aromatic heterocycles. The van der Waals surface area contributed by atoms with Crippen LogP contribution in [0.25, 0.3) is 11.1 Å². The van der Waals surface area contributed by atoms with Crippen LogP contribution in [0, 0.1) is 13.8 Å². The quantitative estimate of drug-likeness (QED) is 0.412. The zero-order valence-electron chi connectivity index (χ0n) is 15.8. The largest absolute Gasteiger partial charge is 0.455 e. The molecule has 2 aromatic carbocycles. The summed E-state index contributed by atoms with van der Waals surface area (Å²) in [5.74, 6) is 3.04. The van der Waals surface area contributed by atoms with Crippen molar-refractivity contribution in [1.82, 2.24) is 9.97 Å². The Kier molecular flexibility index (Phi) is 5.02. The van der Waals surface area contributed by atoms with Crippen LogP contribution in [0.3, 0.4) is 0 Å². The van der Waals surface area contributed by atoms with Crippen LogP contribution in [-0.2, 0) is 0 Å². The molecule has 0 bridgehead atoms. The molecule has 138 valence electrons. The molecule has 0 fully saturated rings. The van der Waals surface area contributed by atoms with Gasteiger partial charge in [-0.05, 0) is 72.5 Å². The van der Waals surface area contributed by atoms with Gasteiger partial charge >= 0.3 is 0 Å². The van der Waals surface area contributed by atoms with Gasteiger partial charge in [-0.3, -0.25) is 9.97 Å². The van der Waals surface area contributed by atoms with Crippen molar-refractivity contribution in [1.29, 1.82) is 0 Å². The summed E-state index contributed by atoms with van der Waals surface area (Å²) >= 11 is 0. The van der Waals surface area contributed by atoms with Crippen LogP contribution in [0.5, 0.6) is 23.0 Å². The Morgan fingerprint density at radius 3 is 1.46 bits per heavy atom. The second kappa shape index (κ2) is 7.92. The number of hydrogen-bond donors (Lipinski definition) is 0. The van der Waals surface area contributed by atoms with Crippen molar-refractivity contribution >= 4 is 0 Å². The van der Waals surface area contributed by atoms with Gasteiger partial charge in [0, 0.05) is 12.4 Å². The number of rotatable bonds is 5. The maximum absolute atomic E-state index is 6.02. The molecule has 0 aliphatic rings. The fraction of sp³-hybridized carbons (Fsp3) is 0.0833. The summed E-state index contributed by atoms with van der Waals surface area (Å²) in [6.07, 6.45) is 6.87. The molecule has 4 heteroatoms. The van der Waals surface area contributed by atoms with Gasteiger partial charge < -0.3 is 9.47 Å². The van der Waals surface area contributed by atoms with Gasteiger partial charge in [-0.25, -0.2) is 0 Å². The van der Waals surface area contributed by atoms with Gasteiger partial charge in [0.1, 0.15) is 23.0 Å². The fourth-order valence-corrected chi connectivity index (χ4v) is 2.85. The van der Waals surface area contributed by atoms with Crippen LogP contribution >= 0.6 is 0 Å². The molecule has 0 atom stereocenters. The number of hydrogen-bond acceptors (Lipinski definition) is 4. The number of aryl methyl sites for hydroxylation is 2. The first-order chi connectivity index (χ1) is 13.7. The second-order valence-electron chi connectivity index (χ2n) is 6.54. The molecule has 0 amide bonds. The monoisotopic (exact) mass is 368 g/mol. The third-order valence-corrected chi connectivity index (χ3v) is 4.43. The minimum absolute atomic E-state index is 0.715. The predicted molar refractivity (Wildman–Crippen MR) is 110 cm³/mol. The first-order valence-corrected chi connectivity index (χ1v) is 9.06. The average molecular weight is 368 g/mol. The van der Waals surface area contributed by atoms with Gasteiger partial charge in [-0.15, -0.1) is 0 Å². The SMILES string of the molecule is Cc1ccc(-c2ccc(C)c(Oc3cccnc3)c2)cc1Oc1cccnc1. The normalized spacial score (nSPS) is 10.5. The zero-order chi connectivity index (χ0) is 19.3. The van der Waals surface area contributed by atoms with E-state index in [9.17, 15) is 0 Å². The Balaban J connectivity index is 1.65. The molecule has 4 nitrogen and oxygen atoms in total. The van der Waals surface area contributed by atoms with Crippen LogP contribution in [-0.4, -0.2) is 9.97 Å². The molecule has 4 aromatic rings. The first kappa shape index (κ1) is 17.7. The molecule has 0 aliphatic carbocycles. The lowest BCUT2D eigenvalue weighted by molar-refractivity contribution is 0.476. The molecule has 0 unspecified atom stereocenters. The summed E-state index contributed by atoms with van der Waals surface area (Å²) in [4.78, 5) is 8.21. The van der Waals surface area contributed by atoms with Gasteiger partial charge in [0.25, 0.3) is 0 Å². The van der Waals surface area contributed by atoms with Gasteiger partial charge in [-0.1, -0.05) is 24.3 Å². The summed E-state index contributed by atoms with van der Waals surface area (Å²) in [5.41, 5.74) is 4.24. The van der Waals surface area contributed by atoms with Crippen molar-refractivity contribution in [2.75, 3.05) is 0 Å². The maximum atomic E-state index is 6.02. The number of pyridine rings is 2. The van der Waals surface area contributed by atoms with E-state index in [1.165, 1.54) is 0 Å². The van der Waals surface area contributed by atoms with Crippen molar-refractivity contribution < 1.29 is 9.47 Å². The van der Waals surface area contributed by atoms with E-state index >= 15 is 0 Å². The fourth-order valence-electron chi connectivity index (χ4n) is 2.85. The third kappa shape index (κ3) is 4.01. The Hall–Kier alpha value is -3.66. The second-order valence-corrected chi connectivity index (χ2v) is 6.54. The van der Waals surface area contributed by atoms with E-state index in [2.05, 4.69) is 34.2 Å². The lowest BCUT2D eigenvalue weighted by atomic mass is 10.0. The van der Waals surface area contributed by atoms with E-state index in [0.29, 0.717) is 11.5 Å². The minimum atomic E-state index is 0.715. The van der Waals surface area contributed by atoms with Crippen LogP contribution < -0.4 is 9.47 Å². The smallest absolute Gasteiger partial charge is 0.145 e. The Bertz CT molecular complexity index is 991. The van der Waals surface area contributed by atoms with Crippen LogP contribution in [0.15, 0.2) is 85.5 Å². The van der Waals surface area contributed by atoms with Gasteiger partial charge in [0.05, 0.1) is 12.4 Å². The number of aromatic nitrogens is 2. The zero-order valence-corrected chi connectivity index (χ0v) is 15.8. The van der Waals surface area contributed by atoms with Crippen molar-refractivity contribution in [2.45, 2.75) is 13.8 Å². The van der Waals surface area contributed by atoms with Crippen molar-refractivity contribution in [3.8, 4) is 34.1 Å². The Morgan fingerprint density at radius 1 is 0.607 bits per heavy atom. The highest BCUT2D eigenvalue weighted by atomic mass is 16.5. The van der Waals surface area contributed by atoms with Crippen LogP contribution in [0.1, 0.15) is 11.1 Å². The van der Waals surface area contributed by atoms with E-state index in [1.807, 2.05) is 50.2 Å². The summed E-state index contributed by atoms with van der Waals surface area (Å²) in [5, 5.41) is 0. The van der Waals surface area contributed by atoms with Gasteiger partial charge in [0.2, 0.25) is 0 Å². The molecular formula is C24H20N2O2. The Morgan fingerprint density at radius 2 is 1.07 bits per heavy atom.